The molecule has 180 valence electrons. The van der Waals surface area contributed by atoms with Gasteiger partial charge in [-0.25, -0.2) is 4.79 Å². The Bertz CT molecular complexity index is 1240. The normalized spacial score (nSPS) is 11.1. The quantitative estimate of drug-likeness (QED) is 0.400. The minimum absolute atomic E-state index is 0.344. The molecule has 0 spiro atoms. The molecule has 5 nitrogen and oxygen atoms in total. The number of nitrogens with zero attached hydrogens (tertiary/aromatic N) is 1. The first kappa shape index (κ1) is 25.9. The number of carboxylic acids is 1. The molecule has 3 aromatic rings. The zero-order chi connectivity index (χ0) is 25.2. The largest absolute Gasteiger partial charge is 0.489 e. The zero-order valence-corrected chi connectivity index (χ0v) is 20.8. The fourth-order valence-corrected chi connectivity index (χ4v) is 3.42. The second-order valence-electron chi connectivity index (χ2n) is 8.16. The Balaban J connectivity index is 1.78. The molecular formula is C29H28ClNO4. The predicted octanol–water partition coefficient (Wildman–Crippen LogP) is 5.54. The summed E-state index contributed by atoms with van der Waals surface area (Å²) in [7, 11) is 3.98. The number of aliphatic carboxylic acids is 1. The molecule has 35 heavy (non-hydrogen) atoms. The van der Waals surface area contributed by atoms with Crippen LogP contribution in [0.5, 0.6) is 11.5 Å². The number of rotatable bonds is 9. The predicted molar refractivity (Wildman–Crippen MR) is 140 cm³/mol. The maximum atomic E-state index is 10.7. The van der Waals surface area contributed by atoms with E-state index in [0.29, 0.717) is 29.7 Å². The first-order valence-electron chi connectivity index (χ1n) is 11.1. The number of carbonyl (C=O) groups is 1. The van der Waals surface area contributed by atoms with Crippen molar-refractivity contribution in [3.05, 3.63) is 100 Å². The van der Waals surface area contributed by atoms with Crippen molar-refractivity contribution in [1.82, 2.24) is 4.90 Å². The van der Waals surface area contributed by atoms with Gasteiger partial charge in [0, 0.05) is 10.6 Å². The van der Waals surface area contributed by atoms with Gasteiger partial charge >= 0.3 is 5.97 Å². The number of ether oxygens (including phenoxy) is 2. The molecule has 0 bridgehead atoms. The summed E-state index contributed by atoms with van der Waals surface area (Å²) >= 11 is 6.10. The van der Waals surface area contributed by atoms with Crippen molar-refractivity contribution in [2.45, 2.75) is 6.92 Å². The van der Waals surface area contributed by atoms with Gasteiger partial charge in [0.1, 0.15) is 18.1 Å². The van der Waals surface area contributed by atoms with Crippen LogP contribution in [0.1, 0.15) is 22.3 Å². The van der Waals surface area contributed by atoms with Gasteiger partial charge < -0.3 is 14.6 Å². The molecule has 0 radical (unpaired) electrons. The van der Waals surface area contributed by atoms with Crippen molar-refractivity contribution in [2.75, 3.05) is 33.9 Å². The third-order valence-corrected chi connectivity index (χ3v) is 5.27. The number of benzene rings is 3. The lowest BCUT2D eigenvalue weighted by Gasteiger charge is -2.12. The molecule has 0 amide bonds. The summed E-state index contributed by atoms with van der Waals surface area (Å²) in [6, 6.07) is 21.2. The molecule has 0 saturated heterocycles. The van der Waals surface area contributed by atoms with E-state index in [4.69, 9.17) is 26.2 Å². The molecule has 1 N–H and O–H groups in total. The lowest BCUT2D eigenvalue weighted by molar-refractivity contribution is -0.139. The number of aryl methyl sites for hydroxylation is 1. The van der Waals surface area contributed by atoms with Gasteiger partial charge in [-0.05, 0) is 91.8 Å². The van der Waals surface area contributed by atoms with E-state index in [0.717, 1.165) is 27.8 Å². The van der Waals surface area contributed by atoms with E-state index >= 15 is 0 Å². The second-order valence-corrected chi connectivity index (χ2v) is 8.60. The Labute approximate surface area is 211 Å². The highest BCUT2D eigenvalue weighted by Crippen LogP contribution is 2.27. The third-order valence-electron chi connectivity index (χ3n) is 5.01. The SMILES string of the molecule is Cc1cc(OC/C=C(\c2ccc(Cl)cc2)c2ccc(C#CCN(C)C)cc2)ccc1OCC(=O)O. The van der Waals surface area contributed by atoms with Crippen LogP contribution in [-0.4, -0.2) is 49.8 Å². The molecule has 6 heteroatoms. The van der Waals surface area contributed by atoms with Gasteiger partial charge in [0.15, 0.2) is 6.61 Å². The molecular weight excluding hydrogens is 462 g/mol. The minimum atomic E-state index is -1.02. The molecule has 0 aliphatic heterocycles. The number of halogens is 1. The highest BCUT2D eigenvalue weighted by Gasteiger charge is 2.07. The van der Waals surface area contributed by atoms with Crippen LogP contribution in [0.2, 0.25) is 5.02 Å². The second kappa shape index (κ2) is 12.7. The first-order valence-corrected chi connectivity index (χ1v) is 11.5. The summed E-state index contributed by atoms with van der Waals surface area (Å²) in [5.41, 5.74) is 4.85. The average Bonchev–Trinajstić information content (AvgIpc) is 2.82. The van der Waals surface area contributed by atoms with E-state index in [1.165, 1.54) is 0 Å². The third kappa shape index (κ3) is 8.22. The Hall–Kier alpha value is -3.72. The molecule has 0 heterocycles. The van der Waals surface area contributed by atoms with Gasteiger partial charge in [0.05, 0.1) is 6.54 Å². The van der Waals surface area contributed by atoms with Crippen LogP contribution in [0.4, 0.5) is 0 Å². The van der Waals surface area contributed by atoms with Crippen molar-refractivity contribution in [2.24, 2.45) is 0 Å². The highest BCUT2D eigenvalue weighted by molar-refractivity contribution is 6.30. The van der Waals surface area contributed by atoms with Gasteiger partial charge in [-0.15, -0.1) is 0 Å². The molecule has 0 atom stereocenters. The summed E-state index contributed by atoms with van der Waals surface area (Å²) in [6.45, 7) is 2.52. The number of carboxylic acid groups (broad SMARTS) is 1. The van der Waals surface area contributed by atoms with E-state index in [2.05, 4.69) is 24.0 Å². The van der Waals surface area contributed by atoms with Gasteiger partial charge in [0.25, 0.3) is 0 Å². The van der Waals surface area contributed by atoms with E-state index < -0.39 is 5.97 Å². The van der Waals surface area contributed by atoms with Crippen molar-refractivity contribution in [3.63, 3.8) is 0 Å². The summed E-state index contributed by atoms with van der Waals surface area (Å²) in [4.78, 5) is 12.8. The molecule has 0 aromatic heterocycles. The Morgan fingerprint density at radius 1 is 1.00 bits per heavy atom. The number of hydrogen-bond donors (Lipinski definition) is 1. The summed E-state index contributed by atoms with van der Waals surface area (Å²) in [5, 5.41) is 9.47. The van der Waals surface area contributed by atoms with E-state index in [-0.39, 0.29) is 6.61 Å². The monoisotopic (exact) mass is 489 g/mol. The fourth-order valence-electron chi connectivity index (χ4n) is 3.30. The zero-order valence-electron chi connectivity index (χ0n) is 20.0. The summed E-state index contributed by atoms with van der Waals surface area (Å²) in [5.74, 6) is 6.51. The van der Waals surface area contributed by atoms with Crippen LogP contribution in [0.25, 0.3) is 5.57 Å². The Morgan fingerprint density at radius 3 is 2.26 bits per heavy atom. The highest BCUT2D eigenvalue weighted by atomic mass is 35.5. The van der Waals surface area contributed by atoms with Crippen molar-refractivity contribution < 1.29 is 19.4 Å². The maximum absolute atomic E-state index is 10.7. The average molecular weight is 490 g/mol. The van der Waals surface area contributed by atoms with Crippen LogP contribution >= 0.6 is 11.6 Å². The number of hydrogen-bond acceptors (Lipinski definition) is 4. The minimum Gasteiger partial charge on any atom is -0.489 e. The Kier molecular flexibility index (Phi) is 9.37. The summed E-state index contributed by atoms with van der Waals surface area (Å²) < 4.78 is 11.2. The van der Waals surface area contributed by atoms with E-state index in [9.17, 15) is 4.79 Å². The van der Waals surface area contributed by atoms with Crippen LogP contribution in [0.15, 0.2) is 72.8 Å². The van der Waals surface area contributed by atoms with Gasteiger partial charge in [-0.3, -0.25) is 4.90 Å². The first-order chi connectivity index (χ1) is 16.8. The molecule has 0 aliphatic carbocycles. The van der Waals surface area contributed by atoms with Crippen LogP contribution < -0.4 is 9.47 Å². The van der Waals surface area contributed by atoms with Crippen molar-refractivity contribution in [1.29, 1.82) is 0 Å². The lowest BCUT2D eigenvalue weighted by Crippen LogP contribution is -2.10. The Morgan fingerprint density at radius 2 is 1.66 bits per heavy atom. The summed E-state index contributed by atoms with van der Waals surface area (Å²) in [6.07, 6.45) is 2.03. The molecule has 0 unspecified atom stereocenters. The van der Waals surface area contributed by atoms with Gasteiger partial charge in [-0.2, -0.15) is 0 Å². The van der Waals surface area contributed by atoms with E-state index in [1.54, 1.807) is 12.1 Å². The topological polar surface area (TPSA) is 59.0 Å². The van der Waals surface area contributed by atoms with Crippen LogP contribution in [0, 0.1) is 18.8 Å². The maximum Gasteiger partial charge on any atom is 0.341 e. The lowest BCUT2D eigenvalue weighted by atomic mass is 9.97. The van der Waals surface area contributed by atoms with Crippen molar-refractivity contribution in [3.8, 4) is 23.3 Å². The molecule has 3 rings (SSSR count). The molecule has 0 fully saturated rings. The smallest absolute Gasteiger partial charge is 0.341 e. The molecule has 0 aliphatic rings. The van der Waals surface area contributed by atoms with E-state index in [1.807, 2.05) is 74.5 Å². The van der Waals surface area contributed by atoms with Crippen LogP contribution in [-0.2, 0) is 4.79 Å². The fraction of sp³-hybridized carbons (Fsp3) is 0.207. The molecule has 3 aromatic carbocycles. The van der Waals surface area contributed by atoms with Crippen molar-refractivity contribution >= 4 is 23.1 Å². The van der Waals surface area contributed by atoms with Gasteiger partial charge in [0.2, 0.25) is 0 Å². The van der Waals surface area contributed by atoms with Crippen LogP contribution in [0.3, 0.4) is 0 Å². The van der Waals surface area contributed by atoms with Gasteiger partial charge in [-0.1, -0.05) is 47.7 Å². The standard InChI is InChI=1S/C29H28ClNO4/c1-21-19-26(14-15-28(21)35-20-29(32)33)34-18-16-27(24-10-12-25(30)13-11-24)23-8-6-22(7-9-23)5-4-17-31(2)3/h6-16,19H,17-18,20H2,1-3H3,(H,32,33)/b27-16-. The molecule has 0 saturated carbocycles.